The Hall–Kier alpha value is -3.62. The van der Waals surface area contributed by atoms with Crippen molar-refractivity contribution < 1.29 is 19.1 Å². The van der Waals surface area contributed by atoms with Crippen LogP contribution in [0.15, 0.2) is 71.1 Å². The number of ether oxygens (including phenoxy) is 2. The SMILES string of the molecule is CCOC(=O)C1=C(C)NC(C)=C(C(=O)OCC)C1c1cccc(Nc2nc(-c3ccc(Cl)cc3)c(C)s2)c1. The molecular formula is C29H30ClN3O4S. The summed E-state index contributed by atoms with van der Waals surface area (Å²) in [5.74, 6) is -1.60. The van der Waals surface area contributed by atoms with E-state index in [2.05, 4.69) is 10.6 Å². The van der Waals surface area contributed by atoms with Gasteiger partial charge in [-0.15, -0.1) is 11.3 Å². The maximum absolute atomic E-state index is 13.1. The van der Waals surface area contributed by atoms with Gasteiger partial charge in [0.1, 0.15) is 0 Å². The van der Waals surface area contributed by atoms with Crippen LogP contribution < -0.4 is 10.6 Å². The number of aryl methyl sites for hydroxylation is 1. The fourth-order valence-corrected chi connectivity index (χ4v) is 5.51. The van der Waals surface area contributed by atoms with Crippen LogP contribution in [0.1, 0.15) is 44.1 Å². The Labute approximate surface area is 231 Å². The zero-order valence-electron chi connectivity index (χ0n) is 22.0. The molecule has 4 rings (SSSR count). The Morgan fingerprint density at radius 3 is 2.16 bits per heavy atom. The third-order valence-corrected chi connectivity index (χ3v) is 7.27. The fourth-order valence-electron chi connectivity index (χ4n) is 4.53. The number of halogens is 1. The molecule has 7 nitrogen and oxygen atoms in total. The Kier molecular flexibility index (Phi) is 8.54. The topological polar surface area (TPSA) is 89.5 Å². The summed E-state index contributed by atoms with van der Waals surface area (Å²) >= 11 is 7.59. The molecule has 0 fully saturated rings. The molecule has 0 saturated heterocycles. The number of esters is 2. The van der Waals surface area contributed by atoms with Gasteiger partial charge in [-0.25, -0.2) is 14.6 Å². The van der Waals surface area contributed by atoms with Crippen molar-refractivity contribution in [3.05, 3.63) is 86.5 Å². The molecule has 0 amide bonds. The molecule has 0 aliphatic carbocycles. The molecule has 2 N–H and O–H groups in total. The maximum Gasteiger partial charge on any atom is 0.336 e. The zero-order valence-corrected chi connectivity index (χ0v) is 23.5. The third kappa shape index (κ3) is 5.76. The van der Waals surface area contributed by atoms with Crippen molar-refractivity contribution >= 4 is 45.7 Å². The standard InChI is InChI=1S/C29H30ClN3O4S/c1-6-36-27(34)23-16(3)31-17(4)24(28(35)37-7-2)25(23)20-9-8-10-22(15-20)32-29-33-26(18(5)38-29)19-11-13-21(30)14-12-19/h8-15,25,31H,6-7H2,1-5H3,(H,32,33). The lowest BCUT2D eigenvalue weighted by molar-refractivity contribution is -0.139. The highest BCUT2D eigenvalue weighted by atomic mass is 35.5. The number of nitrogens with one attached hydrogen (secondary N) is 2. The molecule has 1 aromatic heterocycles. The molecule has 0 spiro atoms. The minimum absolute atomic E-state index is 0.223. The molecular weight excluding hydrogens is 522 g/mol. The summed E-state index contributed by atoms with van der Waals surface area (Å²) in [5, 5.41) is 7.95. The van der Waals surface area contributed by atoms with Gasteiger partial charge in [0.05, 0.1) is 36.0 Å². The summed E-state index contributed by atoms with van der Waals surface area (Å²) in [7, 11) is 0. The van der Waals surface area contributed by atoms with Gasteiger partial charge in [0.2, 0.25) is 0 Å². The van der Waals surface area contributed by atoms with Gasteiger partial charge in [0.15, 0.2) is 5.13 Å². The van der Waals surface area contributed by atoms with Crippen LogP contribution in [0.5, 0.6) is 0 Å². The van der Waals surface area contributed by atoms with Gasteiger partial charge in [-0.1, -0.05) is 35.9 Å². The Bertz CT molecular complexity index is 1390. The van der Waals surface area contributed by atoms with Gasteiger partial charge in [-0.2, -0.15) is 0 Å². The van der Waals surface area contributed by atoms with Crippen molar-refractivity contribution in [2.75, 3.05) is 18.5 Å². The predicted molar refractivity (Wildman–Crippen MR) is 152 cm³/mol. The van der Waals surface area contributed by atoms with Crippen LogP contribution >= 0.6 is 22.9 Å². The Morgan fingerprint density at radius 1 is 0.974 bits per heavy atom. The molecule has 1 aliphatic heterocycles. The second-order valence-corrected chi connectivity index (χ2v) is 10.4. The molecule has 0 unspecified atom stereocenters. The highest BCUT2D eigenvalue weighted by molar-refractivity contribution is 7.16. The lowest BCUT2D eigenvalue weighted by Crippen LogP contribution is -2.32. The van der Waals surface area contributed by atoms with Crippen LogP contribution in [0.4, 0.5) is 10.8 Å². The first-order chi connectivity index (χ1) is 18.2. The zero-order chi connectivity index (χ0) is 27.4. The van der Waals surface area contributed by atoms with Crippen molar-refractivity contribution in [2.24, 2.45) is 0 Å². The summed E-state index contributed by atoms with van der Waals surface area (Å²) in [5.41, 5.74) is 5.45. The molecule has 2 aromatic carbocycles. The normalized spacial score (nSPS) is 13.8. The van der Waals surface area contributed by atoms with E-state index in [1.54, 1.807) is 25.2 Å². The number of rotatable bonds is 8. The van der Waals surface area contributed by atoms with Gasteiger partial charge in [0, 0.05) is 32.5 Å². The second-order valence-electron chi connectivity index (χ2n) is 8.76. The number of hydrogen-bond acceptors (Lipinski definition) is 8. The molecule has 0 saturated carbocycles. The molecule has 3 aromatic rings. The highest BCUT2D eigenvalue weighted by Gasteiger charge is 2.38. The molecule has 1 aliphatic rings. The van der Waals surface area contributed by atoms with Gasteiger partial charge >= 0.3 is 11.9 Å². The number of aromatic nitrogens is 1. The summed E-state index contributed by atoms with van der Waals surface area (Å²) in [6, 6.07) is 15.2. The van der Waals surface area contributed by atoms with E-state index in [1.807, 2.05) is 69.3 Å². The van der Waals surface area contributed by atoms with Gasteiger partial charge in [-0.05, 0) is 64.4 Å². The number of thiazole rings is 1. The number of allylic oxidation sites excluding steroid dienone is 2. The number of nitrogens with zero attached hydrogens (tertiary/aromatic N) is 1. The average molecular weight is 552 g/mol. The monoisotopic (exact) mass is 551 g/mol. The van der Waals surface area contributed by atoms with Crippen LogP contribution in [0, 0.1) is 6.92 Å². The summed E-state index contributed by atoms with van der Waals surface area (Å²) in [6.07, 6.45) is 0. The van der Waals surface area contributed by atoms with Crippen LogP contribution in [0.2, 0.25) is 5.02 Å². The van der Waals surface area contributed by atoms with E-state index in [1.165, 1.54) is 0 Å². The lowest BCUT2D eigenvalue weighted by Gasteiger charge is -2.30. The second kappa shape index (κ2) is 11.8. The van der Waals surface area contributed by atoms with Crippen LogP contribution in [0.3, 0.4) is 0 Å². The third-order valence-electron chi connectivity index (χ3n) is 6.14. The Balaban J connectivity index is 1.72. The van der Waals surface area contributed by atoms with Crippen LogP contribution in [-0.2, 0) is 19.1 Å². The van der Waals surface area contributed by atoms with Crippen LogP contribution in [-0.4, -0.2) is 30.1 Å². The summed E-state index contributed by atoms with van der Waals surface area (Å²) in [4.78, 5) is 32.0. The van der Waals surface area contributed by atoms with Crippen molar-refractivity contribution in [1.82, 2.24) is 10.3 Å². The van der Waals surface area contributed by atoms with Crippen LogP contribution in [0.25, 0.3) is 11.3 Å². The smallest absolute Gasteiger partial charge is 0.336 e. The first-order valence-corrected chi connectivity index (χ1v) is 13.6. The van der Waals surface area contributed by atoms with E-state index < -0.39 is 17.9 Å². The molecule has 0 atom stereocenters. The minimum atomic E-state index is -0.654. The molecule has 0 radical (unpaired) electrons. The van der Waals surface area contributed by atoms with Crippen molar-refractivity contribution in [3.8, 4) is 11.3 Å². The van der Waals surface area contributed by atoms with Gasteiger partial charge in [-0.3, -0.25) is 0 Å². The van der Waals surface area contributed by atoms with Crippen molar-refractivity contribution in [1.29, 1.82) is 0 Å². The first-order valence-electron chi connectivity index (χ1n) is 12.4. The van der Waals surface area contributed by atoms with E-state index >= 15 is 0 Å². The maximum atomic E-state index is 13.1. The lowest BCUT2D eigenvalue weighted by atomic mass is 9.80. The van der Waals surface area contributed by atoms with E-state index in [0.717, 1.165) is 32.5 Å². The summed E-state index contributed by atoms with van der Waals surface area (Å²) in [6.45, 7) is 9.60. The van der Waals surface area contributed by atoms with Gasteiger partial charge in [0.25, 0.3) is 0 Å². The number of hydrogen-bond donors (Lipinski definition) is 2. The molecule has 0 bridgehead atoms. The van der Waals surface area contributed by atoms with E-state index in [9.17, 15) is 9.59 Å². The quantitative estimate of drug-likeness (QED) is 0.295. The predicted octanol–water partition coefficient (Wildman–Crippen LogP) is 6.88. The number of carbonyl (C=O) groups excluding carboxylic acids is 2. The number of benzene rings is 2. The van der Waals surface area contributed by atoms with E-state index in [0.29, 0.717) is 27.6 Å². The van der Waals surface area contributed by atoms with Crippen molar-refractivity contribution in [3.63, 3.8) is 0 Å². The number of carbonyl (C=O) groups is 2. The van der Waals surface area contributed by atoms with E-state index in [4.69, 9.17) is 26.1 Å². The van der Waals surface area contributed by atoms with Crippen molar-refractivity contribution in [2.45, 2.75) is 40.5 Å². The average Bonchev–Trinajstić information content (AvgIpc) is 3.24. The largest absolute Gasteiger partial charge is 0.463 e. The number of anilines is 2. The van der Waals surface area contributed by atoms with E-state index in [-0.39, 0.29) is 13.2 Å². The highest BCUT2D eigenvalue weighted by Crippen LogP contribution is 2.40. The first kappa shape index (κ1) is 27.4. The fraction of sp³-hybridized carbons (Fsp3) is 0.276. The molecule has 9 heteroatoms. The molecule has 38 heavy (non-hydrogen) atoms. The molecule has 2 heterocycles. The summed E-state index contributed by atoms with van der Waals surface area (Å²) < 4.78 is 10.7. The van der Waals surface area contributed by atoms with Gasteiger partial charge < -0.3 is 20.1 Å². The molecule has 198 valence electrons. The number of dihydropyridines is 1. The Morgan fingerprint density at radius 2 is 1.58 bits per heavy atom. The minimum Gasteiger partial charge on any atom is -0.463 e.